The summed E-state index contributed by atoms with van der Waals surface area (Å²) in [5, 5.41) is 2.96. The van der Waals surface area contributed by atoms with Crippen LogP contribution >= 0.6 is 0 Å². The summed E-state index contributed by atoms with van der Waals surface area (Å²) in [7, 11) is 0. The van der Waals surface area contributed by atoms with E-state index in [0.717, 1.165) is 19.3 Å². The molecular formula is C10H18N2O. The molecule has 2 aliphatic carbocycles. The van der Waals surface area contributed by atoms with Crippen LogP contribution in [-0.4, -0.2) is 18.0 Å². The molecule has 2 saturated carbocycles. The van der Waals surface area contributed by atoms with Crippen molar-refractivity contribution in [1.29, 1.82) is 0 Å². The quantitative estimate of drug-likeness (QED) is 0.658. The Hall–Kier alpha value is -0.570. The highest BCUT2D eigenvalue weighted by molar-refractivity contribution is 5.83. The summed E-state index contributed by atoms with van der Waals surface area (Å²) in [5.41, 5.74) is 6.06. The lowest BCUT2D eigenvalue weighted by atomic mass is 9.75. The zero-order valence-corrected chi connectivity index (χ0v) is 8.34. The monoisotopic (exact) mass is 182 g/mol. The van der Waals surface area contributed by atoms with Crippen LogP contribution < -0.4 is 11.1 Å². The molecule has 0 radical (unpaired) electrons. The molecule has 3 N–H and O–H groups in total. The number of carbonyl (C=O) groups excluding carboxylic acids is 1. The van der Waals surface area contributed by atoms with Crippen molar-refractivity contribution >= 4 is 5.91 Å². The third-order valence-electron chi connectivity index (χ3n) is 3.27. The smallest absolute Gasteiger partial charge is 0.223 e. The first kappa shape index (κ1) is 9.00. The number of nitrogens with two attached hydrogens (primary N) is 1. The highest BCUT2D eigenvalue weighted by Crippen LogP contribution is 2.64. The van der Waals surface area contributed by atoms with Crippen molar-refractivity contribution in [2.24, 2.45) is 17.1 Å². The van der Waals surface area contributed by atoms with Gasteiger partial charge in [0, 0.05) is 18.0 Å². The van der Waals surface area contributed by atoms with Crippen LogP contribution in [0, 0.1) is 11.3 Å². The van der Waals surface area contributed by atoms with Crippen molar-refractivity contribution in [3.8, 4) is 0 Å². The average molecular weight is 182 g/mol. The maximum absolute atomic E-state index is 11.6. The molecule has 0 heterocycles. The van der Waals surface area contributed by atoms with Crippen LogP contribution in [0.5, 0.6) is 0 Å². The standard InChI is InChI=1S/C10H18N2O/c1-6(2)12-9(13)8-5-10(8)3-7(11)4-10/h6-8H,3-5,11H2,1-2H3,(H,12,13). The Kier molecular flexibility index (Phi) is 1.88. The molecule has 1 spiro atoms. The highest BCUT2D eigenvalue weighted by atomic mass is 16.2. The second-order valence-electron chi connectivity index (χ2n) is 4.95. The van der Waals surface area contributed by atoms with Gasteiger partial charge in [0.15, 0.2) is 0 Å². The van der Waals surface area contributed by atoms with E-state index >= 15 is 0 Å². The van der Waals surface area contributed by atoms with Crippen molar-refractivity contribution in [3.63, 3.8) is 0 Å². The van der Waals surface area contributed by atoms with Crippen LogP contribution in [0.1, 0.15) is 33.1 Å². The highest BCUT2D eigenvalue weighted by Gasteiger charge is 2.63. The summed E-state index contributed by atoms with van der Waals surface area (Å²) >= 11 is 0. The number of carbonyl (C=O) groups is 1. The van der Waals surface area contributed by atoms with Crippen LogP contribution in [0.4, 0.5) is 0 Å². The van der Waals surface area contributed by atoms with E-state index in [0.29, 0.717) is 11.5 Å². The number of nitrogens with one attached hydrogen (secondary N) is 1. The van der Waals surface area contributed by atoms with Gasteiger partial charge >= 0.3 is 0 Å². The summed E-state index contributed by atoms with van der Waals surface area (Å²) in [5.74, 6) is 0.511. The Morgan fingerprint density at radius 3 is 2.54 bits per heavy atom. The molecule has 0 saturated heterocycles. The first-order valence-electron chi connectivity index (χ1n) is 5.09. The molecule has 0 bridgehead atoms. The van der Waals surface area contributed by atoms with Gasteiger partial charge in [-0.3, -0.25) is 4.79 Å². The predicted octanol–water partition coefficient (Wildman–Crippen LogP) is 0.638. The van der Waals surface area contributed by atoms with Crippen LogP contribution in [0.3, 0.4) is 0 Å². The lowest BCUT2D eigenvalue weighted by Gasteiger charge is -2.33. The molecule has 3 nitrogen and oxygen atoms in total. The Morgan fingerprint density at radius 1 is 1.46 bits per heavy atom. The molecule has 2 rings (SSSR count). The molecule has 2 aliphatic rings. The van der Waals surface area contributed by atoms with E-state index in [4.69, 9.17) is 5.73 Å². The fourth-order valence-electron chi connectivity index (χ4n) is 2.54. The summed E-state index contributed by atoms with van der Waals surface area (Å²) in [6, 6.07) is 0.621. The normalized spacial score (nSPS) is 41.8. The van der Waals surface area contributed by atoms with Gasteiger partial charge < -0.3 is 11.1 Å². The van der Waals surface area contributed by atoms with E-state index in [9.17, 15) is 4.79 Å². The molecular weight excluding hydrogens is 164 g/mol. The summed E-state index contributed by atoms with van der Waals surface area (Å²) in [4.78, 5) is 11.6. The fraction of sp³-hybridized carbons (Fsp3) is 0.900. The minimum Gasteiger partial charge on any atom is -0.354 e. The van der Waals surface area contributed by atoms with E-state index in [1.165, 1.54) is 0 Å². The van der Waals surface area contributed by atoms with Crippen molar-refractivity contribution in [3.05, 3.63) is 0 Å². The van der Waals surface area contributed by atoms with Crippen LogP contribution in [0.2, 0.25) is 0 Å². The molecule has 0 aromatic carbocycles. The van der Waals surface area contributed by atoms with Gasteiger partial charge in [-0.2, -0.15) is 0 Å². The lowest BCUT2D eigenvalue weighted by molar-refractivity contribution is -0.124. The van der Waals surface area contributed by atoms with Crippen LogP contribution in [0.15, 0.2) is 0 Å². The van der Waals surface area contributed by atoms with Crippen LogP contribution in [0.25, 0.3) is 0 Å². The van der Waals surface area contributed by atoms with Crippen LogP contribution in [-0.2, 0) is 4.79 Å². The lowest BCUT2D eigenvalue weighted by Crippen LogP contribution is -2.42. The van der Waals surface area contributed by atoms with Gasteiger partial charge in [0.2, 0.25) is 5.91 Å². The fourth-order valence-corrected chi connectivity index (χ4v) is 2.54. The van der Waals surface area contributed by atoms with Crippen molar-refractivity contribution in [2.45, 2.75) is 45.2 Å². The minimum absolute atomic E-state index is 0.238. The van der Waals surface area contributed by atoms with E-state index in [-0.39, 0.29) is 17.9 Å². The van der Waals surface area contributed by atoms with Gasteiger partial charge in [-0.15, -0.1) is 0 Å². The first-order valence-corrected chi connectivity index (χ1v) is 5.09. The maximum Gasteiger partial charge on any atom is 0.223 e. The van der Waals surface area contributed by atoms with E-state index in [1.807, 2.05) is 13.8 Å². The molecule has 1 amide bonds. The van der Waals surface area contributed by atoms with E-state index in [2.05, 4.69) is 5.32 Å². The zero-order chi connectivity index (χ0) is 9.64. The molecule has 3 heteroatoms. The largest absolute Gasteiger partial charge is 0.354 e. The molecule has 2 fully saturated rings. The van der Waals surface area contributed by atoms with Gasteiger partial charge in [0.05, 0.1) is 0 Å². The Balaban J connectivity index is 1.83. The number of hydrogen-bond acceptors (Lipinski definition) is 2. The van der Waals surface area contributed by atoms with Crippen molar-refractivity contribution in [1.82, 2.24) is 5.32 Å². The first-order chi connectivity index (χ1) is 6.03. The molecule has 0 aliphatic heterocycles. The third-order valence-corrected chi connectivity index (χ3v) is 3.27. The molecule has 0 aromatic rings. The number of hydrogen-bond donors (Lipinski definition) is 2. The average Bonchev–Trinajstić information content (AvgIpc) is 2.60. The third kappa shape index (κ3) is 1.46. The summed E-state index contributed by atoms with van der Waals surface area (Å²) in [6.45, 7) is 4.00. The zero-order valence-electron chi connectivity index (χ0n) is 8.34. The Bertz CT molecular complexity index is 231. The van der Waals surface area contributed by atoms with Crippen molar-refractivity contribution < 1.29 is 4.79 Å². The SMILES string of the molecule is CC(C)NC(=O)C1CC12CC(N)C2. The minimum atomic E-state index is 0.238. The second-order valence-corrected chi connectivity index (χ2v) is 4.95. The topological polar surface area (TPSA) is 55.1 Å². The summed E-state index contributed by atoms with van der Waals surface area (Å²) in [6.07, 6.45) is 3.19. The van der Waals surface area contributed by atoms with Gasteiger partial charge in [-0.25, -0.2) is 0 Å². The summed E-state index contributed by atoms with van der Waals surface area (Å²) < 4.78 is 0. The number of rotatable bonds is 2. The van der Waals surface area contributed by atoms with Gasteiger partial charge in [-0.1, -0.05) is 0 Å². The molecule has 74 valence electrons. The molecule has 13 heavy (non-hydrogen) atoms. The van der Waals surface area contributed by atoms with Gasteiger partial charge in [-0.05, 0) is 38.5 Å². The molecule has 1 atom stereocenters. The predicted molar refractivity (Wildman–Crippen MR) is 51.0 cm³/mol. The maximum atomic E-state index is 11.6. The second kappa shape index (κ2) is 2.71. The number of amides is 1. The van der Waals surface area contributed by atoms with E-state index in [1.54, 1.807) is 0 Å². The Morgan fingerprint density at radius 2 is 2.08 bits per heavy atom. The van der Waals surface area contributed by atoms with Crippen molar-refractivity contribution in [2.75, 3.05) is 0 Å². The Labute approximate surface area is 79.1 Å². The van der Waals surface area contributed by atoms with Gasteiger partial charge in [0.25, 0.3) is 0 Å². The van der Waals surface area contributed by atoms with Gasteiger partial charge in [0.1, 0.15) is 0 Å². The molecule has 0 aromatic heterocycles. The van der Waals surface area contributed by atoms with E-state index < -0.39 is 0 Å². The molecule has 1 unspecified atom stereocenters.